The van der Waals surface area contributed by atoms with Crippen molar-refractivity contribution in [1.82, 2.24) is 9.55 Å². The zero-order valence-corrected chi connectivity index (χ0v) is 11.8. The van der Waals surface area contributed by atoms with Crippen molar-refractivity contribution in [2.45, 2.75) is 36.0 Å². The Kier molecular flexibility index (Phi) is 5.33. The number of rotatable bonds is 5. The third-order valence-corrected chi connectivity index (χ3v) is 3.99. The van der Waals surface area contributed by atoms with Crippen LogP contribution in [0.1, 0.15) is 12.6 Å². The number of aromatic nitrogens is 2. The second-order valence-corrected chi connectivity index (χ2v) is 5.56. The molecular weight excluding hydrogens is 298 g/mol. The van der Waals surface area contributed by atoms with E-state index in [9.17, 15) is 15.0 Å². The summed E-state index contributed by atoms with van der Waals surface area (Å²) in [6.45, 7) is -0.459. The summed E-state index contributed by atoms with van der Waals surface area (Å²) in [5.41, 5.74) is -0.633. The van der Waals surface area contributed by atoms with Gasteiger partial charge in [-0.15, -0.1) is 11.8 Å². The fraction of sp³-hybridized carbons (Fsp3) is 0.583. The van der Waals surface area contributed by atoms with E-state index < -0.39 is 36.8 Å². The van der Waals surface area contributed by atoms with Gasteiger partial charge in [0, 0.05) is 18.4 Å². The lowest BCUT2D eigenvalue weighted by atomic mass is 10.1. The van der Waals surface area contributed by atoms with Gasteiger partial charge in [0.1, 0.15) is 23.3 Å². The van der Waals surface area contributed by atoms with E-state index in [2.05, 4.69) is 4.98 Å². The zero-order chi connectivity index (χ0) is 15.4. The number of aliphatic hydroxyl groups is 3. The molecule has 4 atom stereocenters. The molecule has 0 radical (unpaired) electrons. The Morgan fingerprint density at radius 3 is 2.81 bits per heavy atom. The number of thioether (sulfide) groups is 1. The van der Waals surface area contributed by atoms with E-state index in [-0.39, 0.29) is 0 Å². The molecule has 21 heavy (non-hydrogen) atoms. The highest BCUT2D eigenvalue weighted by atomic mass is 32.2. The molecule has 0 unspecified atom stereocenters. The van der Waals surface area contributed by atoms with Gasteiger partial charge < -0.3 is 20.1 Å². The van der Waals surface area contributed by atoms with E-state index >= 15 is 0 Å². The van der Waals surface area contributed by atoms with Crippen LogP contribution < -0.4 is 5.69 Å². The Labute approximate surface area is 124 Å². The van der Waals surface area contributed by atoms with Gasteiger partial charge in [0.05, 0.1) is 12.7 Å². The molecule has 1 saturated heterocycles. The van der Waals surface area contributed by atoms with Crippen molar-refractivity contribution in [2.24, 2.45) is 0 Å². The van der Waals surface area contributed by atoms with Crippen molar-refractivity contribution in [2.75, 3.05) is 12.4 Å². The van der Waals surface area contributed by atoms with Gasteiger partial charge in [-0.3, -0.25) is 4.57 Å². The third-order valence-electron chi connectivity index (χ3n) is 3.06. The number of hydrogen-bond acceptors (Lipinski definition) is 8. The molecule has 0 aliphatic carbocycles. The van der Waals surface area contributed by atoms with E-state index in [0.717, 1.165) is 4.57 Å². The molecule has 114 valence electrons. The lowest BCUT2D eigenvalue weighted by molar-refractivity contribution is -0.0551. The Bertz CT molecular complexity index is 587. The maximum Gasteiger partial charge on any atom is 0.350 e. The van der Waals surface area contributed by atoms with Crippen LogP contribution in [0.5, 0.6) is 0 Å². The summed E-state index contributed by atoms with van der Waals surface area (Å²) in [6, 6.07) is 3.56. The summed E-state index contributed by atoms with van der Waals surface area (Å²) in [5, 5.41) is 37.5. The number of nitrogens with zero attached hydrogens (tertiary/aromatic N) is 3. The molecule has 1 aliphatic rings. The van der Waals surface area contributed by atoms with Crippen molar-refractivity contribution in [3.05, 3.63) is 22.7 Å². The first kappa shape index (κ1) is 15.9. The maximum atomic E-state index is 11.9. The van der Waals surface area contributed by atoms with Gasteiger partial charge >= 0.3 is 5.69 Å². The van der Waals surface area contributed by atoms with Crippen molar-refractivity contribution in [1.29, 1.82) is 5.26 Å². The van der Waals surface area contributed by atoms with Gasteiger partial charge in [0.25, 0.3) is 0 Å². The van der Waals surface area contributed by atoms with Crippen molar-refractivity contribution >= 4 is 11.8 Å². The zero-order valence-electron chi connectivity index (χ0n) is 11.0. The topological polar surface area (TPSA) is 129 Å². The smallest absolute Gasteiger partial charge is 0.350 e. The van der Waals surface area contributed by atoms with Gasteiger partial charge in [-0.05, 0) is 6.07 Å². The van der Waals surface area contributed by atoms with Crippen LogP contribution in [0.25, 0.3) is 0 Å². The average Bonchev–Trinajstić information content (AvgIpc) is 2.76. The van der Waals surface area contributed by atoms with Gasteiger partial charge in [-0.2, -0.15) is 10.2 Å². The summed E-state index contributed by atoms with van der Waals surface area (Å²) in [5.74, 6) is 0.529. The molecule has 3 N–H and O–H groups in total. The van der Waals surface area contributed by atoms with Crippen molar-refractivity contribution < 1.29 is 20.1 Å². The molecule has 1 aromatic heterocycles. The molecular formula is C12H15N3O5S. The van der Waals surface area contributed by atoms with Gasteiger partial charge in [0.2, 0.25) is 0 Å². The Morgan fingerprint density at radius 1 is 1.48 bits per heavy atom. The van der Waals surface area contributed by atoms with Crippen molar-refractivity contribution in [3.63, 3.8) is 0 Å². The highest BCUT2D eigenvalue weighted by molar-refractivity contribution is 7.99. The van der Waals surface area contributed by atoms with Crippen LogP contribution in [0.4, 0.5) is 0 Å². The van der Waals surface area contributed by atoms with Crippen LogP contribution in [0, 0.1) is 11.3 Å². The van der Waals surface area contributed by atoms with Crippen LogP contribution >= 0.6 is 11.8 Å². The molecule has 2 heterocycles. The van der Waals surface area contributed by atoms with E-state index in [1.165, 1.54) is 18.0 Å². The van der Waals surface area contributed by atoms with E-state index in [1.807, 2.05) is 6.07 Å². The predicted octanol–water partition coefficient (Wildman–Crippen LogP) is -1.14. The largest absolute Gasteiger partial charge is 0.394 e. The Hall–Kier alpha value is -1.44. The number of hydrogen-bond donors (Lipinski definition) is 3. The monoisotopic (exact) mass is 313 g/mol. The van der Waals surface area contributed by atoms with Crippen LogP contribution in [0.2, 0.25) is 0 Å². The number of nitriles is 1. The van der Waals surface area contributed by atoms with E-state index in [1.54, 1.807) is 6.07 Å². The van der Waals surface area contributed by atoms with Crippen molar-refractivity contribution in [3.8, 4) is 6.07 Å². The summed E-state index contributed by atoms with van der Waals surface area (Å²) in [4.78, 5) is 15.8. The number of aliphatic hydroxyl groups excluding tert-OH is 3. The lowest BCUT2D eigenvalue weighted by Crippen LogP contribution is -2.36. The number of ether oxygens (including phenoxy) is 1. The predicted molar refractivity (Wildman–Crippen MR) is 72.5 cm³/mol. The van der Waals surface area contributed by atoms with Crippen LogP contribution in [-0.4, -0.2) is 55.5 Å². The third kappa shape index (κ3) is 3.42. The fourth-order valence-corrected chi connectivity index (χ4v) is 2.68. The van der Waals surface area contributed by atoms with E-state index in [0.29, 0.717) is 17.2 Å². The van der Waals surface area contributed by atoms with Crippen LogP contribution in [-0.2, 0) is 4.74 Å². The first-order chi connectivity index (χ1) is 10.1. The van der Waals surface area contributed by atoms with Crippen LogP contribution in [0.3, 0.4) is 0 Å². The molecule has 0 saturated carbocycles. The first-order valence-corrected chi connectivity index (χ1v) is 7.28. The Morgan fingerprint density at radius 2 is 2.24 bits per heavy atom. The molecule has 1 aromatic rings. The quantitative estimate of drug-likeness (QED) is 0.353. The molecule has 2 rings (SSSR count). The highest BCUT2D eigenvalue weighted by Crippen LogP contribution is 2.28. The normalized spacial score (nSPS) is 28.5. The minimum atomic E-state index is -1.32. The molecule has 0 bridgehead atoms. The molecule has 8 nitrogen and oxygen atoms in total. The van der Waals surface area contributed by atoms with Gasteiger partial charge in [-0.1, -0.05) is 0 Å². The fourth-order valence-electron chi connectivity index (χ4n) is 1.98. The van der Waals surface area contributed by atoms with Crippen LogP contribution in [0.15, 0.2) is 22.1 Å². The standard InChI is InChI=1S/C12H15N3O5S/c13-3-1-5-21-8-2-4-15(12(19)14-8)11-10(18)9(17)7(6-16)20-11/h2,4,7,9-11,16-18H,1,5-6H2/t7-,9-,10-,11-/m1/s1. The summed E-state index contributed by atoms with van der Waals surface area (Å²) >= 11 is 1.28. The van der Waals surface area contributed by atoms with Gasteiger partial charge in [0.15, 0.2) is 6.23 Å². The summed E-state index contributed by atoms with van der Waals surface area (Å²) < 4.78 is 6.33. The molecule has 0 aromatic carbocycles. The lowest BCUT2D eigenvalue weighted by Gasteiger charge is -2.17. The second kappa shape index (κ2) is 7.02. The second-order valence-electron chi connectivity index (χ2n) is 4.44. The summed E-state index contributed by atoms with van der Waals surface area (Å²) in [7, 11) is 0. The Balaban J connectivity index is 2.15. The minimum Gasteiger partial charge on any atom is -0.394 e. The molecule has 0 amide bonds. The minimum absolute atomic E-state index is 0.351. The first-order valence-electron chi connectivity index (χ1n) is 6.30. The van der Waals surface area contributed by atoms with Gasteiger partial charge in [-0.25, -0.2) is 4.79 Å². The SMILES string of the molecule is N#CCCSc1ccn([C@@H]2O[C@H](CO)[C@@H](O)[C@H]2O)c(=O)n1. The highest BCUT2D eigenvalue weighted by Gasteiger charge is 2.43. The molecule has 0 spiro atoms. The molecule has 1 fully saturated rings. The molecule has 9 heteroatoms. The van der Waals surface area contributed by atoms with E-state index in [4.69, 9.17) is 15.1 Å². The summed E-state index contributed by atoms with van der Waals surface area (Å²) in [6.07, 6.45) is -2.86. The maximum absolute atomic E-state index is 11.9. The molecule has 1 aliphatic heterocycles. The average molecular weight is 313 g/mol.